The van der Waals surface area contributed by atoms with Gasteiger partial charge in [0.1, 0.15) is 5.75 Å². The van der Waals surface area contributed by atoms with Gasteiger partial charge in [0.15, 0.2) is 0 Å². The number of hydrogen-bond donors (Lipinski definition) is 6. The van der Waals surface area contributed by atoms with Crippen molar-refractivity contribution in [2.24, 2.45) is 17.8 Å². The highest BCUT2D eigenvalue weighted by Gasteiger charge is 2.55. The maximum Gasteiger partial charge on any atom is 0.488 e. The second kappa shape index (κ2) is 13.6. The van der Waals surface area contributed by atoms with E-state index in [0.29, 0.717) is 23.1 Å². The number of allylic oxidation sites excluding steroid dienone is 1. The number of rotatable bonds is 10. The minimum Gasteiger partial charge on any atom is -0.507 e. The van der Waals surface area contributed by atoms with Gasteiger partial charge in [0.2, 0.25) is 11.8 Å². The van der Waals surface area contributed by atoms with E-state index in [1.54, 1.807) is 18.2 Å². The number of benzene rings is 3. The fraction of sp³-hybridized carbons (Fsp3) is 0.273. The van der Waals surface area contributed by atoms with Crippen LogP contribution in [-0.2, 0) is 9.59 Å². The first-order valence-corrected chi connectivity index (χ1v) is 15.1. The molecule has 44 heavy (non-hydrogen) atoms. The second-order valence-corrected chi connectivity index (χ2v) is 12.0. The Morgan fingerprint density at radius 1 is 1.00 bits per heavy atom. The van der Waals surface area contributed by atoms with Crippen molar-refractivity contribution < 1.29 is 40.1 Å². The molecule has 9 nitrogen and oxygen atoms in total. The van der Waals surface area contributed by atoms with Crippen LogP contribution >= 0.6 is 15.9 Å². The lowest BCUT2D eigenvalue weighted by Gasteiger charge is -2.36. The number of aromatic hydroxyl groups is 1. The number of halogens is 1. The van der Waals surface area contributed by atoms with Crippen LogP contribution in [0.2, 0.25) is 0 Å². The summed E-state index contributed by atoms with van der Waals surface area (Å²) in [6, 6.07) is 20.5. The molecule has 1 heterocycles. The Morgan fingerprint density at radius 3 is 2.43 bits per heavy atom. The molecule has 228 valence electrons. The van der Waals surface area contributed by atoms with Crippen LogP contribution in [0.25, 0.3) is 11.6 Å². The molecule has 0 radical (unpaired) electrons. The fourth-order valence-corrected chi connectivity index (χ4v) is 6.79. The van der Waals surface area contributed by atoms with E-state index < -0.39 is 56.0 Å². The highest BCUT2D eigenvalue weighted by molar-refractivity contribution is 9.10. The fourth-order valence-electron chi connectivity index (χ4n) is 6.41. The molecule has 3 aromatic carbocycles. The van der Waals surface area contributed by atoms with Crippen LogP contribution in [0.1, 0.15) is 30.4 Å². The molecule has 0 bridgehead atoms. The maximum atomic E-state index is 13.7. The SMILES string of the molecule is O=C1[C@@H]2[C@@H](CC(CO)=C([C@H](O)CC/C(=C/c3cc(Br)ccc3O)c3ccccc3)[C@@H]2CO)C(=O)N1c1cccc(B(O)O)c1. The first kappa shape index (κ1) is 31.8. The molecule has 0 unspecified atom stereocenters. The van der Waals surface area contributed by atoms with Gasteiger partial charge >= 0.3 is 7.12 Å². The van der Waals surface area contributed by atoms with Gasteiger partial charge in [0.05, 0.1) is 36.8 Å². The number of fused-ring (bicyclic) bond motifs is 1. The number of aliphatic hydroxyl groups excluding tert-OH is 3. The first-order valence-electron chi connectivity index (χ1n) is 14.3. The summed E-state index contributed by atoms with van der Waals surface area (Å²) in [4.78, 5) is 28.3. The van der Waals surface area contributed by atoms with Crippen LogP contribution < -0.4 is 10.4 Å². The van der Waals surface area contributed by atoms with Crippen LogP contribution in [0, 0.1) is 17.8 Å². The normalized spacial score (nSPS) is 21.1. The zero-order chi connectivity index (χ0) is 31.5. The zero-order valence-corrected chi connectivity index (χ0v) is 25.3. The van der Waals surface area contributed by atoms with Gasteiger partial charge < -0.3 is 30.5 Å². The predicted molar refractivity (Wildman–Crippen MR) is 170 cm³/mol. The third-order valence-corrected chi connectivity index (χ3v) is 9.00. The highest BCUT2D eigenvalue weighted by atomic mass is 79.9. The monoisotopic (exact) mass is 661 g/mol. The first-order chi connectivity index (χ1) is 21.1. The van der Waals surface area contributed by atoms with Crippen molar-refractivity contribution in [2.75, 3.05) is 18.1 Å². The van der Waals surface area contributed by atoms with Gasteiger partial charge in [-0.25, -0.2) is 0 Å². The van der Waals surface area contributed by atoms with Crippen LogP contribution in [0.4, 0.5) is 5.69 Å². The average molecular weight is 662 g/mol. The third-order valence-electron chi connectivity index (χ3n) is 8.51. The Kier molecular flexibility index (Phi) is 9.84. The lowest BCUT2D eigenvalue weighted by molar-refractivity contribution is -0.123. The van der Waals surface area contributed by atoms with E-state index in [0.717, 1.165) is 20.5 Å². The largest absolute Gasteiger partial charge is 0.507 e. The van der Waals surface area contributed by atoms with Crippen molar-refractivity contribution in [3.05, 3.63) is 99.5 Å². The standard InChI is InChI=1S/C33H33BBrNO8/c35-24-10-12-28(39)21(14-24)13-20(19-5-2-1-3-6-19)9-11-29(40)30-22(17-37)15-26-31(27(30)18-38)33(42)36(32(26)41)25-8-4-7-23(16-25)34(43)44/h1-8,10,12-14,16,26-27,29,31,37-40,43-44H,9,11,15,17-18H2/b20-13-/t26-,27+,29-,31-/m1/s1. The van der Waals surface area contributed by atoms with Crippen molar-refractivity contribution in [1.82, 2.24) is 0 Å². The molecule has 11 heteroatoms. The number of hydrogen-bond acceptors (Lipinski definition) is 8. The van der Waals surface area contributed by atoms with Gasteiger partial charge in [-0.3, -0.25) is 14.5 Å². The second-order valence-electron chi connectivity index (χ2n) is 11.1. The average Bonchev–Trinajstić information content (AvgIpc) is 3.28. The number of anilines is 1. The van der Waals surface area contributed by atoms with Crippen molar-refractivity contribution >= 4 is 57.7 Å². The van der Waals surface area contributed by atoms with E-state index in [1.165, 1.54) is 24.3 Å². The summed E-state index contributed by atoms with van der Waals surface area (Å²) in [5.41, 5.74) is 3.37. The number of imide groups is 1. The molecule has 1 aliphatic heterocycles. The molecular weight excluding hydrogens is 629 g/mol. The van der Waals surface area contributed by atoms with Gasteiger partial charge in [-0.15, -0.1) is 0 Å². The number of phenols is 1. The minimum atomic E-state index is -1.79. The third kappa shape index (κ3) is 6.30. The van der Waals surface area contributed by atoms with Gasteiger partial charge in [-0.2, -0.15) is 0 Å². The summed E-state index contributed by atoms with van der Waals surface area (Å²) in [5, 5.41) is 62.1. The Labute approximate surface area is 263 Å². The lowest BCUT2D eigenvalue weighted by atomic mass is 9.68. The van der Waals surface area contributed by atoms with Gasteiger partial charge in [-0.1, -0.05) is 58.4 Å². The molecule has 1 aliphatic carbocycles. The van der Waals surface area contributed by atoms with Crippen molar-refractivity contribution in [1.29, 1.82) is 0 Å². The smallest absolute Gasteiger partial charge is 0.488 e. The molecule has 3 aromatic rings. The summed E-state index contributed by atoms with van der Waals surface area (Å²) in [6.45, 7) is -0.973. The summed E-state index contributed by atoms with van der Waals surface area (Å²) in [6.07, 6.45) is 1.30. The molecule has 0 saturated carbocycles. The van der Waals surface area contributed by atoms with E-state index >= 15 is 0 Å². The zero-order valence-electron chi connectivity index (χ0n) is 23.8. The molecule has 2 aliphatic rings. The van der Waals surface area contributed by atoms with Crippen LogP contribution in [0.3, 0.4) is 0 Å². The Hall–Kier alpha value is -3.58. The summed E-state index contributed by atoms with van der Waals surface area (Å²) >= 11 is 3.44. The predicted octanol–water partition coefficient (Wildman–Crippen LogP) is 2.62. The van der Waals surface area contributed by atoms with Gasteiger partial charge in [0.25, 0.3) is 0 Å². The molecule has 2 amide bonds. The maximum absolute atomic E-state index is 13.7. The molecule has 1 fully saturated rings. The minimum absolute atomic E-state index is 0.0424. The van der Waals surface area contributed by atoms with Gasteiger partial charge in [0, 0.05) is 16.0 Å². The summed E-state index contributed by atoms with van der Waals surface area (Å²) in [7, 11) is -1.79. The number of nitrogens with zero attached hydrogens (tertiary/aromatic N) is 1. The summed E-state index contributed by atoms with van der Waals surface area (Å²) in [5.74, 6) is -3.68. The van der Waals surface area contributed by atoms with E-state index in [2.05, 4.69) is 15.9 Å². The number of phenolic OH excluding ortho intramolecular Hbond substituents is 1. The van der Waals surface area contributed by atoms with Crippen LogP contribution in [0.15, 0.2) is 88.4 Å². The van der Waals surface area contributed by atoms with E-state index in [-0.39, 0.29) is 29.7 Å². The molecular formula is C33H33BBrNO8. The Bertz CT molecular complexity index is 1610. The molecule has 6 N–H and O–H groups in total. The van der Waals surface area contributed by atoms with E-state index in [9.17, 15) is 40.1 Å². The Balaban J connectivity index is 1.44. The number of amides is 2. The summed E-state index contributed by atoms with van der Waals surface area (Å²) < 4.78 is 0.790. The molecule has 0 aromatic heterocycles. The number of aliphatic hydroxyl groups is 3. The van der Waals surface area contributed by atoms with Crippen LogP contribution in [0.5, 0.6) is 5.75 Å². The molecule has 1 saturated heterocycles. The molecule has 0 spiro atoms. The number of carbonyl (C=O) groups is 2. The topological polar surface area (TPSA) is 159 Å². The molecule has 5 rings (SSSR count). The van der Waals surface area contributed by atoms with Crippen molar-refractivity contribution in [2.45, 2.75) is 25.4 Å². The lowest BCUT2D eigenvalue weighted by Crippen LogP contribution is -2.39. The highest BCUT2D eigenvalue weighted by Crippen LogP contribution is 2.47. The number of carbonyl (C=O) groups excluding carboxylic acids is 2. The van der Waals surface area contributed by atoms with Crippen molar-refractivity contribution in [3.63, 3.8) is 0 Å². The van der Waals surface area contributed by atoms with Crippen LogP contribution in [-0.4, -0.2) is 68.7 Å². The van der Waals surface area contributed by atoms with E-state index in [1.807, 2.05) is 36.4 Å². The quantitative estimate of drug-likeness (QED) is 0.0838. The Morgan fingerprint density at radius 2 is 1.75 bits per heavy atom. The van der Waals surface area contributed by atoms with Crippen molar-refractivity contribution in [3.8, 4) is 5.75 Å². The van der Waals surface area contributed by atoms with E-state index in [4.69, 9.17) is 0 Å². The molecule has 4 atom stereocenters. The van der Waals surface area contributed by atoms with Gasteiger partial charge in [-0.05, 0) is 83.4 Å².